The van der Waals surface area contributed by atoms with Crippen LogP contribution in [0.2, 0.25) is 0 Å². The van der Waals surface area contributed by atoms with Crippen LogP contribution in [0.4, 0.5) is 17.2 Å². The molecule has 5 heteroatoms. The number of hydrogen-bond acceptors (Lipinski definition) is 4. The lowest BCUT2D eigenvalue weighted by molar-refractivity contribution is -0.0419. The van der Waals surface area contributed by atoms with E-state index in [1.165, 1.54) is 54.6 Å². The van der Waals surface area contributed by atoms with Gasteiger partial charge in [-0.2, -0.15) is 5.26 Å². The lowest BCUT2D eigenvalue weighted by Gasteiger charge is -2.64. The Balaban J connectivity index is 1.04. The number of benzene rings is 6. The number of anilines is 3. The number of fused-ring (bicyclic) bond motifs is 5. The van der Waals surface area contributed by atoms with Crippen LogP contribution < -0.4 is 4.90 Å². The summed E-state index contributed by atoms with van der Waals surface area (Å²) in [5.41, 5.74) is 12.6. The molecule has 0 N–H and O–H groups in total. The van der Waals surface area contributed by atoms with Crippen molar-refractivity contribution in [2.45, 2.75) is 43.9 Å². The van der Waals surface area contributed by atoms with Gasteiger partial charge in [-0.15, -0.1) is 0 Å². The summed E-state index contributed by atoms with van der Waals surface area (Å²) in [4.78, 5) is 13.3. The predicted molar refractivity (Wildman–Crippen MR) is 228 cm³/mol. The molecule has 4 saturated carbocycles. The van der Waals surface area contributed by atoms with E-state index in [-0.39, 0.29) is 5.41 Å². The summed E-state index contributed by atoms with van der Waals surface area (Å²) in [6.45, 7) is 0. The maximum absolute atomic E-state index is 9.77. The average molecular weight is 736 g/mol. The Kier molecular flexibility index (Phi) is 7.17. The maximum Gasteiger partial charge on any atom is 0.141 e. The Morgan fingerprint density at radius 1 is 0.579 bits per heavy atom. The summed E-state index contributed by atoms with van der Waals surface area (Å²) >= 11 is 0. The fraction of sp³-hybridized carbons (Fsp3) is 0.212. The van der Waals surface area contributed by atoms with Gasteiger partial charge in [0, 0.05) is 39.9 Å². The molecule has 5 nitrogen and oxygen atoms in total. The fourth-order valence-corrected chi connectivity index (χ4v) is 12.2. The molecule has 1 aliphatic heterocycles. The molecule has 13 rings (SSSR count). The molecule has 57 heavy (non-hydrogen) atoms. The number of nitriles is 1. The number of hydrogen-bond donors (Lipinski definition) is 0. The molecule has 4 bridgehead atoms. The molecule has 0 amide bonds. The van der Waals surface area contributed by atoms with Gasteiger partial charge in [-0.25, -0.2) is 9.97 Å². The SMILES string of the molecule is N#Cc1ccc2c(c1)c1ccccc1n2-c1ccccc1Cc1nc(-c2ccccc2)cc(N2c3ccccc3C3(c4ccccc42)C2CC4CC(C2)CC3C4)n1. The monoisotopic (exact) mass is 735 g/mol. The minimum atomic E-state index is 0.0322. The molecule has 8 aromatic rings. The quantitative estimate of drug-likeness (QED) is 0.177. The van der Waals surface area contributed by atoms with Crippen LogP contribution in [0.15, 0.2) is 152 Å². The third-order valence-electron chi connectivity index (χ3n) is 14.0. The summed E-state index contributed by atoms with van der Waals surface area (Å²) in [5, 5.41) is 12.0. The minimum Gasteiger partial charge on any atom is -0.309 e. The van der Waals surface area contributed by atoms with Gasteiger partial charge >= 0.3 is 0 Å². The summed E-state index contributed by atoms with van der Waals surface area (Å²) in [6.07, 6.45) is 7.36. The van der Waals surface area contributed by atoms with Gasteiger partial charge in [0.2, 0.25) is 0 Å². The van der Waals surface area contributed by atoms with E-state index in [4.69, 9.17) is 9.97 Å². The first-order valence-electron chi connectivity index (χ1n) is 20.6. The van der Waals surface area contributed by atoms with Crippen molar-refractivity contribution >= 4 is 39.0 Å². The predicted octanol–water partition coefficient (Wildman–Crippen LogP) is 12.2. The molecule has 4 fully saturated rings. The summed E-state index contributed by atoms with van der Waals surface area (Å²) in [5.74, 6) is 4.78. The molecular formula is C52H41N5. The van der Waals surface area contributed by atoms with E-state index in [1.807, 2.05) is 12.1 Å². The molecular weight excluding hydrogens is 695 g/mol. The summed E-state index contributed by atoms with van der Waals surface area (Å²) in [6, 6.07) is 56.8. The average Bonchev–Trinajstić information content (AvgIpc) is 3.58. The highest BCUT2D eigenvalue weighted by molar-refractivity contribution is 6.09. The van der Waals surface area contributed by atoms with E-state index in [9.17, 15) is 5.26 Å². The van der Waals surface area contributed by atoms with Crippen LogP contribution in [0.3, 0.4) is 0 Å². The molecule has 4 aliphatic carbocycles. The van der Waals surface area contributed by atoms with Crippen molar-refractivity contribution in [2.75, 3.05) is 4.90 Å². The highest BCUT2D eigenvalue weighted by atomic mass is 15.2. The molecule has 6 aromatic carbocycles. The zero-order chi connectivity index (χ0) is 37.7. The summed E-state index contributed by atoms with van der Waals surface area (Å²) < 4.78 is 2.34. The number of para-hydroxylation sites is 4. The second-order valence-electron chi connectivity index (χ2n) is 16.9. The first-order chi connectivity index (χ1) is 28.2. The van der Waals surface area contributed by atoms with Crippen LogP contribution in [-0.2, 0) is 11.8 Å². The van der Waals surface area contributed by atoms with Crippen molar-refractivity contribution in [3.8, 4) is 23.0 Å². The highest BCUT2D eigenvalue weighted by Gasteiger charge is 2.61. The number of aromatic nitrogens is 3. The van der Waals surface area contributed by atoms with Gasteiger partial charge in [-0.05, 0) is 115 Å². The largest absolute Gasteiger partial charge is 0.309 e. The second kappa shape index (κ2) is 12.5. The smallest absolute Gasteiger partial charge is 0.141 e. The molecule has 5 aliphatic rings. The van der Waals surface area contributed by atoms with Gasteiger partial charge in [-0.3, -0.25) is 4.90 Å². The Hall–Kier alpha value is -6.51. The van der Waals surface area contributed by atoms with Crippen LogP contribution in [0.5, 0.6) is 0 Å². The van der Waals surface area contributed by atoms with Gasteiger partial charge in [0.15, 0.2) is 0 Å². The van der Waals surface area contributed by atoms with Crippen molar-refractivity contribution in [3.63, 3.8) is 0 Å². The Bertz CT molecular complexity index is 2860. The van der Waals surface area contributed by atoms with Crippen molar-refractivity contribution < 1.29 is 0 Å². The first-order valence-corrected chi connectivity index (χ1v) is 20.6. The molecule has 3 heterocycles. The fourth-order valence-electron chi connectivity index (χ4n) is 12.2. The van der Waals surface area contributed by atoms with E-state index < -0.39 is 0 Å². The number of nitrogens with zero attached hydrogens (tertiary/aromatic N) is 5. The van der Waals surface area contributed by atoms with E-state index in [1.54, 1.807) is 0 Å². The van der Waals surface area contributed by atoms with E-state index in [2.05, 4.69) is 155 Å². The topological polar surface area (TPSA) is 57.7 Å². The van der Waals surface area contributed by atoms with Gasteiger partial charge < -0.3 is 4.57 Å². The van der Waals surface area contributed by atoms with E-state index in [0.717, 1.165) is 67.8 Å². The van der Waals surface area contributed by atoms with Gasteiger partial charge in [-0.1, -0.05) is 103 Å². The van der Waals surface area contributed by atoms with Crippen LogP contribution >= 0.6 is 0 Å². The van der Waals surface area contributed by atoms with Crippen molar-refractivity contribution in [1.82, 2.24) is 14.5 Å². The zero-order valence-electron chi connectivity index (χ0n) is 31.7. The third-order valence-corrected chi connectivity index (χ3v) is 14.0. The standard InChI is InChI=1S/C52H41N5/c53-32-33-22-23-47-41(29-33)40-15-5-9-19-46(40)56(47)45-18-8-4-14-37(45)30-50-54-44(36-12-2-1-3-13-36)31-51(55-50)57-48-20-10-6-16-42(48)52(43-17-7-11-21-49(43)57)38-25-34-24-35(27-38)28-39(52)26-34/h1-23,29,31,34-35,38-39H,24-28,30H2. The normalized spacial score (nSPS) is 21.1. The van der Waals surface area contributed by atoms with E-state index in [0.29, 0.717) is 23.8 Å². The Morgan fingerprint density at radius 3 is 1.91 bits per heavy atom. The van der Waals surface area contributed by atoms with E-state index >= 15 is 0 Å². The molecule has 2 aromatic heterocycles. The van der Waals surface area contributed by atoms with Crippen molar-refractivity contribution in [3.05, 3.63) is 180 Å². The Morgan fingerprint density at radius 2 is 1.19 bits per heavy atom. The molecule has 0 atom stereocenters. The third kappa shape index (κ3) is 4.80. The lowest BCUT2D eigenvalue weighted by atomic mass is 9.41. The van der Waals surface area contributed by atoms with Crippen LogP contribution in [0.1, 0.15) is 60.2 Å². The minimum absolute atomic E-state index is 0.0322. The summed E-state index contributed by atoms with van der Waals surface area (Å²) in [7, 11) is 0. The zero-order valence-corrected chi connectivity index (χ0v) is 31.7. The lowest BCUT2D eigenvalue weighted by Crippen LogP contribution is -2.57. The maximum atomic E-state index is 9.77. The van der Waals surface area contributed by atoms with Gasteiger partial charge in [0.05, 0.1) is 39.7 Å². The molecule has 0 radical (unpaired) electrons. The molecule has 0 unspecified atom stereocenters. The second-order valence-corrected chi connectivity index (χ2v) is 16.9. The van der Waals surface area contributed by atoms with Gasteiger partial charge in [0.25, 0.3) is 0 Å². The highest BCUT2D eigenvalue weighted by Crippen LogP contribution is 2.69. The van der Waals surface area contributed by atoms with Crippen LogP contribution in [0, 0.1) is 35.0 Å². The Labute approximate surface area is 332 Å². The number of rotatable bonds is 5. The molecule has 0 saturated heterocycles. The van der Waals surface area contributed by atoms with Crippen LogP contribution in [-0.4, -0.2) is 14.5 Å². The van der Waals surface area contributed by atoms with Crippen molar-refractivity contribution in [1.29, 1.82) is 5.26 Å². The van der Waals surface area contributed by atoms with Gasteiger partial charge in [0.1, 0.15) is 11.6 Å². The first kappa shape index (κ1) is 32.7. The van der Waals surface area contributed by atoms with Crippen LogP contribution in [0.25, 0.3) is 38.8 Å². The van der Waals surface area contributed by atoms with Crippen molar-refractivity contribution in [2.24, 2.45) is 23.7 Å². The molecule has 1 spiro atoms. The molecule has 274 valence electrons.